The van der Waals surface area contributed by atoms with Gasteiger partial charge >= 0.3 is 6.03 Å². The molecule has 74 valence electrons. The molecule has 2 fully saturated rings. The highest BCUT2D eigenvalue weighted by Crippen LogP contribution is 2.28. The van der Waals surface area contributed by atoms with E-state index in [1.54, 1.807) is 0 Å². The van der Waals surface area contributed by atoms with Crippen LogP contribution in [0.2, 0.25) is 0 Å². The van der Waals surface area contributed by atoms with Gasteiger partial charge in [-0.05, 0) is 32.1 Å². The van der Waals surface area contributed by atoms with Crippen molar-refractivity contribution in [3.63, 3.8) is 0 Å². The number of hydrogen-bond acceptors (Lipinski definition) is 2. The first-order valence-corrected chi connectivity index (χ1v) is 5.01. The molecule has 0 spiro atoms. The molecule has 0 aromatic rings. The molecule has 0 aromatic heterocycles. The number of amides is 2. The lowest BCUT2D eigenvalue weighted by atomic mass is 9.78. The Morgan fingerprint density at radius 1 is 1.46 bits per heavy atom. The largest absolute Gasteiger partial charge is 0.336 e. The van der Waals surface area contributed by atoms with Gasteiger partial charge in [-0.1, -0.05) is 0 Å². The second kappa shape index (κ2) is 3.18. The number of carbonyl (C=O) groups is 1. The molecule has 4 N–H and O–H groups in total. The van der Waals surface area contributed by atoms with Gasteiger partial charge < -0.3 is 16.4 Å². The summed E-state index contributed by atoms with van der Waals surface area (Å²) in [6, 6.07) is 0.370. The first-order chi connectivity index (χ1) is 6.18. The van der Waals surface area contributed by atoms with Gasteiger partial charge in [0, 0.05) is 18.1 Å². The third-order valence-corrected chi connectivity index (χ3v) is 2.86. The van der Waals surface area contributed by atoms with Crippen LogP contribution in [0, 0.1) is 0 Å². The molecular weight excluding hydrogens is 166 g/mol. The summed E-state index contributed by atoms with van der Waals surface area (Å²) >= 11 is 0. The zero-order chi connectivity index (χ0) is 9.31. The smallest absolute Gasteiger partial charge is 0.315 e. The van der Waals surface area contributed by atoms with Crippen molar-refractivity contribution >= 4 is 6.03 Å². The fourth-order valence-corrected chi connectivity index (χ4v) is 1.53. The average molecular weight is 183 g/mol. The molecule has 0 unspecified atom stereocenters. The van der Waals surface area contributed by atoms with E-state index in [-0.39, 0.29) is 11.6 Å². The maximum Gasteiger partial charge on any atom is 0.315 e. The zero-order valence-electron chi connectivity index (χ0n) is 7.81. The molecule has 4 nitrogen and oxygen atoms in total. The van der Waals surface area contributed by atoms with Crippen LogP contribution in [0.1, 0.15) is 32.1 Å². The van der Waals surface area contributed by atoms with E-state index in [9.17, 15) is 4.79 Å². The Bertz CT molecular complexity index is 209. The van der Waals surface area contributed by atoms with Gasteiger partial charge in [-0.3, -0.25) is 0 Å². The van der Waals surface area contributed by atoms with E-state index in [4.69, 9.17) is 5.73 Å². The standard InChI is InChI=1S/C9H17N3O/c10-9(4-1-5-9)6-11-8(13)12-7-2-3-7/h7H,1-6,10H2,(H2,11,12,13). The van der Waals surface area contributed by atoms with Crippen molar-refractivity contribution in [2.75, 3.05) is 6.54 Å². The van der Waals surface area contributed by atoms with E-state index in [2.05, 4.69) is 10.6 Å². The van der Waals surface area contributed by atoms with E-state index >= 15 is 0 Å². The monoisotopic (exact) mass is 183 g/mol. The van der Waals surface area contributed by atoms with Gasteiger partial charge in [0.05, 0.1) is 0 Å². The molecule has 0 saturated heterocycles. The topological polar surface area (TPSA) is 67.1 Å². The molecule has 0 radical (unpaired) electrons. The van der Waals surface area contributed by atoms with Crippen LogP contribution in [0.25, 0.3) is 0 Å². The summed E-state index contributed by atoms with van der Waals surface area (Å²) in [7, 11) is 0. The fourth-order valence-electron chi connectivity index (χ4n) is 1.53. The third-order valence-electron chi connectivity index (χ3n) is 2.86. The lowest BCUT2D eigenvalue weighted by molar-refractivity contribution is 0.217. The van der Waals surface area contributed by atoms with E-state index in [1.165, 1.54) is 6.42 Å². The molecule has 4 heteroatoms. The molecule has 0 atom stereocenters. The number of nitrogens with two attached hydrogens (primary N) is 1. The first kappa shape index (κ1) is 8.81. The first-order valence-electron chi connectivity index (χ1n) is 5.01. The van der Waals surface area contributed by atoms with E-state index in [0.717, 1.165) is 25.7 Å². The van der Waals surface area contributed by atoms with Crippen molar-refractivity contribution in [3.8, 4) is 0 Å². The van der Waals surface area contributed by atoms with Gasteiger partial charge in [0.15, 0.2) is 0 Å². The maximum atomic E-state index is 11.2. The number of urea groups is 1. The molecule has 2 aliphatic carbocycles. The molecule has 13 heavy (non-hydrogen) atoms. The van der Waals surface area contributed by atoms with Gasteiger partial charge in [0.1, 0.15) is 0 Å². The summed E-state index contributed by atoms with van der Waals surface area (Å²) < 4.78 is 0. The average Bonchev–Trinajstić information content (AvgIpc) is 2.81. The van der Waals surface area contributed by atoms with Crippen LogP contribution < -0.4 is 16.4 Å². The minimum atomic E-state index is -0.110. The molecule has 2 aliphatic rings. The van der Waals surface area contributed by atoms with Crippen molar-refractivity contribution in [2.45, 2.75) is 43.7 Å². The van der Waals surface area contributed by atoms with Crippen LogP contribution in [-0.2, 0) is 0 Å². The summed E-state index contributed by atoms with van der Waals surface area (Å²) in [5.41, 5.74) is 5.84. The SMILES string of the molecule is NC1(CNC(=O)NC2CC2)CCC1. The molecule has 2 rings (SSSR count). The number of nitrogens with one attached hydrogen (secondary N) is 2. The second-order valence-electron chi connectivity index (χ2n) is 4.32. The highest BCUT2D eigenvalue weighted by Gasteiger charge is 2.33. The minimum absolute atomic E-state index is 0.0563. The maximum absolute atomic E-state index is 11.2. The molecular formula is C9H17N3O. The molecule has 0 aromatic carbocycles. The quantitative estimate of drug-likeness (QED) is 0.590. The van der Waals surface area contributed by atoms with Crippen molar-refractivity contribution < 1.29 is 4.79 Å². The zero-order valence-corrected chi connectivity index (χ0v) is 7.81. The van der Waals surface area contributed by atoms with E-state index < -0.39 is 0 Å². The molecule has 0 bridgehead atoms. The Hall–Kier alpha value is -0.770. The summed E-state index contributed by atoms with van der Waals surface area (Å²) in [5, 5.41) is 5.69. The minimum Gasteiger partial charge on any atom is -0.336 e. The van der Waals surface area contributed by atoms with E-state index in [1.807, 2.05) is 0 Å². The highest BCUT2D eigenvalue weighted by molar-refractivity contribution is 5.74. The normalized spacial score (nSPS) is 24.7. The van der Waals surface area contributed by atoms with Crippen molar-refractivity contribution in [3.05, 3.63) is 0 Å². The Balaban J connectivity index is 1.63. The number of carbonyl (C=O) groups excluding carboxylic acids is 1. The lowest BCUT2D eigenvalue weighted by Gasteiger charge is -2.38. The Morgan fingerprint density at radius 3 is 2.62 bits per heavy atom. The van der Waals surface area contributed by atoms with Crippen LogP contribution >= 0.6 is 0 Å². The van der Waals surface area contributed by atoms with E-state index in [0.29, 0.717) is 12.6 Å². The van der Waals surface area contributed by atoms with Crippen LogP contribution in [0.5, 0.6) is 0 Å². The Kier molecular flexibility index (Phi) is 2.15. The van der Waals surface area contributed by atoms with Crippen LogP contribution in [-0.4, -0.2) is 24.2 Å². The lowest BCUT2D eigenvalue weighted by Crippen LogP contribution is -2.56. The van der Waals surface area contributed by atoms with Gasteiger partial charge in [0.2, 0.25) is 0 Å². The summed E-state index contributed by atoms with van der Waals surface area (Å²) in [6.07, 6.45) is 5.53. The predicted octanol–water partition coefficient (Wildman–Crippen LogP) is 0.329. The Labute approximate surface area is 78.2 Å². The van der Waals surface area contributed by atoms with Gasteiger partial charge in [-0.15, -0.1) is 0 Å². The molecule has 2 amide bonds. The van der Waals surface area contributed by atoms with Gasteiger partial charge in [0.25, 0.3) is 0 Å². The van der Waals surface area contributed by atoms with Crippen LogP contribution in [0.4, 0.5) is 4.79 Å². The van der Waals surface area contributed by atoms with Crippen molar-refractivity contribution in [1.82, 2.24) is 10.6 Å². The van der Waals surface area contributed by atoms with Crippen molar-refractivity contribution in [2.24, 2.45) is 5.73 Å². The number of hydrogen-bond donors (Lipinski definition) is 3. The molecule has 0 heterocycles. The Morgan fingerprint density at radius 2 is 2.15 bits per heavy atom. The summed E-state index contributed by atoms with van der Waals surface area (Å²) in [5.74, 6) is 0. The highest BCUT2D eigenvalue weighted by atomic mass is 16.2. The second-order valence-corrected chi connectivity index (χ2v) is 4.32. The van der Waals surface area contributed by atoms with Gasteiger partial charge in [-0.2, -0.15) is 0 Å². The van der Waals surface area contributed by atoms with Gasteiger partial charge in [-0.25, -0.2) is 4.79 Å². The molecule has 0 aliphatic heterocycles. The van der Waals surface area contributed by atoms with Crippen molar-refractivity contribution in [1.29, 1.82) is 0 Å². The van der Waals surface area contributed by atoms with Crippen LogP contribution in [0.15, 0.2) is 0 Å². The summed E-state index contributed by atoms with van der Waals surface area (Å²) in [4.78, 5) is 11.2. The summed E-state index contributed by atoms with van der Waals surface area (Å²) in [6.45, 7) is 0.617. The third kappa shape index (κ3) is 2.34. The fraction of sp³-hybridized carbons (Fsp3) is 0.889. The molecule has 2 saturated carbocycles. The predicted molar refractivity (Wildman–Crippen MR) is 50.3 cm³/mol. The number of rotatable bonds is 3. The van der Waals surface area contributed by atoms with Crippen LogP contribution in [0.3, 0.4) is 0 Å².